The zero-order chi connectivity index (χ0) is 33.7. The molecule has 0 heterocycles. The Morgan fingerprint density at radius 3 is 0.688 bits per heavy atom. The molecule has 0 aliphatic heterocycles. The molecule has 0 radical (unpaired) electrons. The predicted molar refractivity (Wildman–Crippen MR) is 225 cm³/mol. The van der Waals surface area contributed by atoms with Crippen LogP contribution >= 0.6 is 47.8 Å². The molecule has 0 N–H and O–H groups in total. The summed E-state index contributed by atoms with van der Waals surface area (Å²) in [6.45, 7) is 0. The molecule has 48 heavy (non-hydrogen) atoms. The number of alkyl halides is 3. The van der Waals surface area contributed by atoms with E-state index in [1.165, 1.54) is 33.4 Å². The Hall–Kier alpha value is -2.59. The molecule has 1 aliphatic carbocycles. The second kappa shape index (κ2) is 12.6. The molecular weight excluding hydrogens is 828 g/mol. The highest BCUT2D eigenvalue weighted by Gasteiger charge is 2.84. The fourth-order valence-electron chi connectivity index (χ4n) is 9.36. The van der Waals surface area contributed by atoms with Crippen LogP contribution in [0.3, 0.4) is 0 Å². The normalized spacial score (nSPS) is 31.8. The molecule has 0 aromatic heterocycles. The van der Waals surface area contributed by atoms with Crippen molar-refractivity contribution in [2.75, 3.05) is 0 Å². The van der Waals surface area contributed by atoms with Crippen LogP contribution in [0.4, 0.5) is 0 Å². The molecule has 4 atom stereocenters. The summed E-state index contributed by atoms with van der Waals surface area (Å²) in [5.41, 5.74) is 7.89. The van der Waals surface area contributed by atoms with Gasteiger partial charge in [-0.05, 0) is 38.4 Å². The Balaban J connectivity index is 1.83. The monoisotopic (exact) mass is 864 g/mol. The van der Waals surface area contributed by atoms with Crippen LogP contribution in [0.15, 0.2) is 182 Å². The first-order chi connectivity index (χ1) is 23.1. The average molecular weight is 868 g/mol. The van der Waals surface area contributed by atoms with Gasteiger partial charge in [0.25, 0.3) is 0 Å². The van der Waals surface area contributed by atoms with Crippen LogP contribution in [0.25, 0.3) is 0 Å². The van der Waals surface area contributed by atoms with Crippen LogP contribution in [0, 0.1) is 0 Å². The molecule has 0 bridgehead atoms. The Bertz CT molecular complexity index is 1600. The van der Waals surface area contributed by atoms with E-state index in [0.717, 1.165) is 30.7 Å². The molecule has 1 fully saturated rings. The van der Waals surface area contributed by atoms with Crippen molar-refractivity contribution in [3.63, 3.8) is 0 Å². The van der Waals surface area contributed by atoms with Crippen molar-refractivity contribution in [3.8, 4) is 0 Å². The van der Waals surface area contributed by atoms with Crippen LogP contribution < -0.4 is 0 Å². The summed E-state index contributed by atoms with van der Waals surface area (Å²) in [7, 11) is 2.57. The highest BCUT2D eigenvalue weighted by Crippen LogP contribution is 2.82. The number of benzene rings is 6. The SMILES string of the molecule is [SiH3]C1(c2ccccc2)C([SiH3])(c2ccccc2)C(Br)(c2ccccc2)C(Br)(c2ccccc2)C(Br)(c2ccccc2)C1([SiH3])c1ccccc1. The van der Waals surface area contributed by atoms with Gasteiger partial charge in [-0.2, -0.15) is 0 Å². The fourth-order valence-corrected chi connectivity index (χ4v) is 21.2. The molecule has 7 rings (SSSR count). The van der Waals surface area contributed by atoms with Gasteiger partial charge in [0.1, 0.15) is 0 Å². The molecule has 240 valence electrons. The minimum atomic E-state index is -0.713. The van der Waals surface area contributed by atoms with E-state index in [2.05, 4.69) is 182 Å². The third-order valence-electron chi connectivity index (χ3n) is 11.9. The maximum absolute atomic E-state index is 4.89. The summed E-state index contributed by atoms with van der Waals surface area (Å²) in [5.74, 6) is 0. The summed E-state index contributed by atoms with van der Waals surface area (Å²) in [6, 6.07) is 68.1. The van der Waals surface area contributed by atoms with Crippen LogP contribution in [-0.2, 0) is 28.1 Å². The number of halogens is 3. The molecule has 6 heteroatoms. The molecule has 0 amide bonds. The Kier molecular flexibility index (Phi) is 8.91. The number of rotatable bonds is 6. The molecule has 0 spiro atoms. The molecular formula is C42H39Br3Si3. The van der Waals surface area contributed by atoms with Crippen LogP contribution in [0.5, 0.6) is 0 Å². The summed E-state index contributed by atoms with van der Waals surface area (Å²) >= 11 is 14.6. The largest absolute Gasteiger partial charge is 0.0904 e. The lowest BCUT2D eigenvalue weighted by atomic mass is 9.46. The van der Waals surface area contributed by atoms with Gasteiger partial charge in [0.2, 0.25) is 0 Å². The van der Waals surface area contributed by atoms with Gasteiger partial charge < -0.3 is 0 Å². The highest BCUT2D eigenvalue weighted by atomic mass is 79.9. The summed E-state index contributed by atoms with van der Waals surface area (Å²) in [5, 5.41) is -1.06. The van der Waals surface area contributed by atoms with E-state index >= 15 is 0 Å². The molecule has 0 saturated heterocycles. The summed E-state index contributed by atoms with van der Waals surface area (Å²) in [6.07, 6.45) is 0. The van der Waals surface area contributed by atoms with Crippen molar-refractivity contribution >= 4 is 78.5 Å². The van der Waals surface area contributed by atoms with E-state index in [-0.39, 0.29) is 15.1 Å². The van der Waals surface area contributed by atoms with Crippen molar-refractivity contribution in [2.24, 2.45) is 0 Å². The van der Waals surface area contributed by atoms with Crippen LogP contribution in [0.1, 0.15) is 33.4 Å². The second-order valence-corrected chi connectivity index (χ2v) is 21.6. The summed E-state index contributed by atoms with van der Waals surface area (Å²) in [4.78, 5) is 0. The Morgan fingerprint density at radius 1 is 0.250 bits per heavy atom. The molecule has 0 nitrogen and oxygen atoms in total. The fraction of sp³-hybridized carbons (Fsp3) is 0.143. The minimum Gasteiger partial charge on any atom is -0.0775 e. The van der Waals surface area contributed by atoms with E-state index in [1.54, 1.807) is 0 Å². The topological polar surface area (TPSA) is 0 Å². The first-order valence-corrected chi connectivity index (χ1v) is 21.9. The van der Waals surface area contributed by atoms with E-state index in [4.69, 9.17) is 47.8 Å². The molecule has 1 aliphatic rings. The average Bonchev–Trinajstić information content (AvgIpc) is 3.17. The molecule has 6 aromatic carbocycles. The van der Waals surface area contributed by atoms with Crippen LogP contribution in [0.2, 0.25) is 0 Å². The summed E-state index contributed by atoms with van der Waals surface area (Å²) < 4.78 is -2.01. The second-order valence-electron chi connectivity index (χ2n) is 13.5. The smallest absolute Gasteiger partial charge is 0.0775 e. The minimum absolute atomic E-state index is 0.312. The van der Waals surface area contributed by atoms with Gasteiger partial charge in [-0.25, -0.2) is 0 Å². The van der Waals surface area contributed by atoms with Crippen molar-refractivity contribution in [1.29, 1.82) is 0 Å². The Morgan fingerprint density at radius 2 is 0.438 bits per heavy atom. The van der Waals surface area contributed by atoms with E-state index < -0.39 is 13.0 Å². The predicted octanol–water partition coefficient (Wildman–Crippen LogP) is 7.65. The third kappa shape index (κ3) is 4.26. The van der Waals surface area contributed by atoms with E-state index in [1.807, 2.05) is 0 Å². The Labute approximate surface area is 319 Å². The van der Waals surface area contributed by atoms with Gasteiger partial charge in [0, 0.05) is 40.8 Å². The quantitative estimate of drug-likeness (QED) is 0.119. The lowest BCUT2D eigenvalue weighted by Gasteiger charge is -2.78. The lowest BCUT2D eigenvalue weighted by Crippen LogP contribution is -2.84. The van der Waals surface area contributed by atoms with Crippen molar-refractivity contribution < 1.29 is 0 Å². The van der Waals surface area contributed by atoms with Gasteiger partial charge in [-0.15, -0.1) is 0 Å². The van der Waals surface area contributed by atoms with Gasteiger partial charge in [0.15, 0.2) is 0 Å². The van der Waals surface area contributed by atoms with Crippen molar-refractivity contribution in [2.45, 2.75) is 28.1 Å². The molecule has 1 saturated carbocycles. The van der Waals surface area contributed by atoms with Crippen molar-refractivity contribution in [1.82, 2.24) is 0 Å². The number of hydrogen-bond acceptors (Lipinski definition) is 0. The standard InChI is InChI=1S/C42H39Br3Si3/c43-37(31-19-7-1-8-20-31)38(44,32-21-9-2-10-22-32)40(46,34-25-13-4-14-26-34)42(48,36-29-17-6-18-30-36)41(47,35-27-15-5-16-28-35)39(37,45)33-23-11-3-12-24-33/h1-30H,46-48H3. The zero-order valence-corrected chi connectivity index (χ0v) is 38.2. The van der Waals surface area contributed by atoms with Gasteiger partial charge in [-0.3, -0.25) is 0 Å². The maximum atomic E-state index is 4.89. The van der Waals surface area contributed by atoms with Crippen LogP contribution in [-0.4, -0.2) is 30.7 Å². The zero-order valence-electron chi connectivity index (χ0n) is 27.5. The first kappa shape index (κ1) is 33.9. The van der Waals surface area contributed by atoms with Crippen molar-refractivity contribution in [3.05, 3.63) is 215 Å². The molecule has 4 unspecified atom stereocenters. The first-order valence-electron chi connectivity index (χ1n) is 16.5. The van der Waals surface area contributed by atoms with E-state index in [9.17, 15) is 0 Å². The van der Waals surface area contributed by atoms with Gasteiger partial charge in [-0.1, -0.05) is 230 Å². The molecule has 6 aromatic rings. The van der Waals surface area contributed by atoms with E-state index in [0.29, 0.717) is 0 Å². The lowest BCUT2D eigenvalue weighted by molar-refractivity contribution is 0.0956. The van der Waals surface area contributed by atoms with Gasteiger partial charge in [0.05, 0.1) is 13.0 Å². The number of hydrogen-bond donors (Lipinski definition) is 0. The highest BCUT2D eigenvalue weighted by molar-refractivity contribution is 9.14. The third-order valence-corrected chi connectivity index (χ3v) is 29.0. The maximum Gasteiger partial charge on any atom is 0.0904 e. The van der Waals surface area contributed by atoms with Gasteiger partial charge >= 0.3 is 0 Å².